The van der Waals surface area contributed by atoms with Crippen molar-refractivity contribution in [2.24, 2.45) is 0 Å². The van der Waals surface area contributed by atoms with Gasteiger partial charge in [-0.3, -0.25) is 0 Å². The lowest BCUT2D eigenvalue weighted by molar-refractivity contribution is -0.384. The highest BCUT2D eigenvalue weighted by molar-refractivity contribution is 5.76. The molecule has 1 unspecified atom stereocenters. The van der Waals surface area contributed by atoms with Crippen molar-refractivity contribution in [3.05, 3.63) is 0 Å². The van der Waals surface area contributed by atoms with Crippen LogP contribution < -0.4 is 0 Å². The summed E-state index contributed by atoms with van der Waals surface area (Å²) in [5.74, 6) is -5.75. The summed E-state index contributed by atoms with van der Waals surface area (Å²) in [5, 5.41) is 124. The highest BCUT2D eigenvalue weighted by atomic mass is 16.8. The number of carboxylic acid groups (broad SMARTS) is 2. The molecule has 5 saturated heterocycles. The van der Waals surface area contributed by atoms with Crippen molar-refractivity contribution >= 4 is 11.9 Å². The van der Waals surface area contributed by atoms with Gasteiger partial charge in [-0.1, -0.05) is 0 Å². The molecule has 23 nitrogen and oxygen atoms in total. The molecule has 0 amide bonds. The number of aliphatic carboxylic acids is 2. The molecule has 0 saturated carbocycles. The summed E-state index contributed by atoms with van der Waals surface area (Å²) in [5.41, 5.74) is 0. The van der Waals surface area contributed by atoms with Crippen LogP contribution in [0.4, 0.5) is 0 Å². The van der Waals surface area contributed by atoms with Gasteiger partial charge in [0.2, 0.25) is 0 Å². The van der Waals surface area contributed by atoms with Gasteiger partial charge in [0.1, 0.15) is 85.5 Å². The van der Waals surface area contributed by atoms with Crippen LogP contribution in [0, 0.1) is 0 Å². The molecule has 0 radical (unpaired) electrons. The second kappa shape index (κ2) is 15.3. The zero-order valence-corrected chi connectivity index (χ0v) is 26.3. The van der Waals surface area contributed by atoms with Crippen LogP contribution in [-0.2, 0) is 52.2 Å². The normalized spacial score (nSPS) is 52.7. The Kier molecular flexibility index (Phi) is 12.0. The molecule has 5 aliphatic heterocycles. The Labute approximate surface area is 281 Å². The Morgan fingerprint density at radius 3 is 1.62 bits per heavy atom. The first kappa shape index (κ1) is 39.4. The number of hydrogen-bond donors (Lipinski definition) is 12. The quantitative estimate of drug-likeness (QED) is 0.0991. The molecule has 5 heterocycles. The maximum atomic E-state index is 12.1. The molecule has 5 rings (SSSR count). The van der Waals surface area contributed by atoms with Gasteiger partial charge in [-0.15, -0.1) is 0 Å². The monoisotopic (exact) mass is 734 g/mol. The molecular weight excluding hydrogens is 692 g/mol. The van der Waals surface area contributed by atoms with Crippen LogP contribution in [0.5, 0.6) is 0 Å². The molecule has 5 fully saturated rings. The van der Waals surface area contributed by atoms with Crippen LogP contribution in [0.3, 0.4) is 0 Å². The number of rotatable bonds is 10. The first-order valence-electron chi connectivity index (χ1n) is 15.5. The van der Waals surface area contributed by atoms with Gasteiger partial charge < -0.3 is 104 Å². The van der Waals surface area contributed by atoms with Crippen LogP contribution >= 0.6 is 0 Å². The fourth-order valence-corrected chi connectivity index (χ4v) is 6.32. The molecule has 0 aromatic carbocycles. The molecule has 0 aliphatic carbocycles. The minimum atomic E-state index is -2.39. The summed E-state index contributed by atoms with van der Waals surface area (Å²) >= 11 is 0. The summed E-state index contributed by atoms with van der Waals surface area (Å²) in [4.78, 5) is 23.9. The highest BCUT2D eigenvalue weighted by Gasteiger charge is 2.62. The van der Waals surface area contributed by atoms with Crippen molar-refractivity contribution in [2.45, 2.75) is 142 Å². The van der Waals surface area contributed by atoms with Gasteiger partial charge in [-0.25, -0.2) is 9.59 Å². The van der Waals surface area contributed by atoms with Crippen LogP contribution in [0.1, 0.15) is 13.8 Å². The van der Waals surface area contributed by atoms with Gasteiger partial charge in [0, 0.05) is 6.92 Å². The first-order chi connectivity index (χ1) is 23.4. The topological polar surface area (TPSA) is 360 Å². The average molecular weight is 735 g/mol. The third kappa shape index (κ3) is 7.23. The number of hydrogen-bond acceptors (Lipinski definition) is 21. The lowest BCUT2D eigenvalue weighted by Gasteiger charge is -2.48. The van der Waals surface area contributed by atoms with Gasteiger partial charge in [-0.05, 0) is 6.92 Å². The van der Waals surface area contributed by atoms with Crippen molar-refractivity contribution in [3.8, 4) is 0 Å². The molecule has 0 aromatic rings. The van der Waals surface area contributed by atoms with E-state index in [0.717, 1.165) is 6.92 Å². The number of carboxylic acids is 2. The molecule has 23 heteroatoms. The van der Waals surface area contributed by atoms with E-state index in [1.165, 1.54) is 6.92 Å². The van der Waals surface area contributed by atoms with E-state index >= 15 is 0 Å². The Morgan fingerprint density at radius 2 is 1.08 bits per heavy atom. The van der Waals surface area contributed by atoms with E-state index in [0.29, 0.717) is 0 Å². The van der Waals surface area contributed by atoms with Crippen molar-refractivity contribution in [2.75, 3.05) is 13.2 Å². The van der Waals surface area contributed by atoms with E-state index in [-0.39, 0.29) is 0 Å². The zero-order chi connectivity index (χ0) is 37.0. The summed E-state index contributed by atoms with van der Waals surface area (Å²) in [6.07, 6.45) is -35.9. The average Bonchev–Trinajstić information content (AvgIpc) is 3.45. The fraction of sp³-hybridized carbons (Fsp3) is 0.926. The van der Waals surface area contributed by atoms with Crippen LogP contribution in [0.25, 0.3) is 0 Å². The van der Waals surface area contributed by atoms with Crippen LogP contribution in [0.2, 0.25) is 0 Å². The molecule has 0 bridgehead atoms. The largest absolute Gasteiger partial charge is 0.479 e. The van der Waals surface area contributed by atoms with E-state index in [1.807, 2.05) is 0 Å². The molecule has 21 atom stereocenters. The van der Waals surface area contributed by atoms with Gasteiger partial charge in [-0.2, -0.15) is 0 Å². The van der Waals surface area contributed by atoms with Crippen molar-refractivity contribution in [1.82, 2.24) is 0 Å². The van der Waals surface area contributed by atoms with E-state index < -0.39 is 154 Å². The molecule has 0 spiro atoms. The maximum Gasteiger partial charge on any atom is 0.364 e. The standard InChI is InChI=1S/C27H42O23/c1-5-8(30)15(46-23-12(34)11(33)9(31)6(3-28)43-23)13(35)24(42-5)47-16-10(32)7(4-29)44-25(14(16)36)48-17-18-20(22(39)45-19(17)21(37)38)50-27(2,49-18)26(40)41/h5-20,22-25,28-36,39H,3-4H2,1-2H3,(H,37,38)(H,40,41)/t5-,6+,7+,8+,9-,10+,11-,12+,13-,14+,15+,16-,17-,18-,19-,20+,22+,23+,24-,25+,27?/m0/s1. The molecule has 0 aromatic heterocycles. The number of carbonyl (C=O) groups is 2. The van der Waals surface area contributed by atoms with E-state index in [1.54, 1.807) is 0 Å². The van der Waals surface area contributed by atoms with E-state index in [9.17, 15) is 70.9 Å². The number of ether oxygens (including phenoxy) is 9. The molecule has 12 N–H and O–H groups in total. The summed E-state index contributed by atoms with van der Waals surface area (Å²) in [6.45, 7) is 0.541. The van der Waals surface area contributed by atoms with Crippen molar-refractivity contribution in [3.63, 3.8) is 0 Å². The molecule has 50 heavy (non-hydrogen) atoms. The smallest absolute Gasteiger partial charge is 0.364 e. The van der Waals surface area contributed by atoms with E-state index in [2.05, 4.69) is 0 Å². The first-order valence-corrected chi connectivity index (χ1v) is 15.5. The predicted octanol–water partition coefficient (Wildman–Crippen LogP) is -7.77. The minimum Gasteiger partial charge on any atom is -0.479 e. The Morgan fingerprint density at radius 1 is 0.600 bits per heavy atom. The van der Waals surface area contributed by atoms with Crippen LogP contribution in [-0.4, -0.2) is 215 Å². The Balaban J connectivity index is 1.35. The highest BCUT2D eigenvalue weighted by Crippen LogP contribution is 2.40. The van der Waals surface area contributed by atoms with Crippen LogP contribution in [0.15, 0.2) is 0 Å². The number of aliphatic hydroxyl groups is 10. The van der Waals surface area contributed by atoms with Crippen molar-refractivity contribution in [1.29, 1.82) is 0 Å². The second-order valence-corrected chi connectivity index (χ2v) is 12.6. The van der Waals surface area contributed by atoms with Gasteiger partial charge in [0.15, 0.2) is 31.3 Å². The molecule has 5 aliphatic rings. The van der Waals surface area contributed by atoms with Gasteiger partial charge >= 0.3 is 11.9 Å². The Hall–Kier alpha value is -1.82. The second-order valence-electron chi connectivity index (χ2n) is 12.6. The third-order valence-corrected chi connectivity index (χ3v) is 9.19. The van der Waals surface area contributed by atoms with Crippen molar-refractivity contribution < 1.29 is 113 Å². The third-order valence-electron chi connectivity index (χ3n) is 9.19. The fourth-order valence-electron chi connectivity index (χ4n) is 6.32. The van der Waals surface area contributed by atoms with Gasteiger partial charge in [0.05, 0.1) is 19.3 Å². The lowest BCUT2D eigenvalue weighted by atomic mass is 9.95. The molecular formula is C27H42O23. The lowest BCUT2D eigenvalue weighted by Crippen LogP contribution is -2.67. The zero-order valence-electron chi connectivity index (χ0n) is 26.3. The Bertz CT molecular complexity index is 1190. The molecule has 288 valence electrons. The maximum absolute atomic E-state index is 12.1. The summed E-state index contributed by atoms with van der Waals surface area (Å²) < 4.78 is 49.1. The van der Waals surface area contributed by atoms with E-state index in [4.69, 9.17) is 42.6 Å². The minimum absolute atomic E-state index is 0.805. The number of fused-ring (bicyclic) bond motifs is 1. The predicted molar refractivity (Wildman–Crippen MR) is 147 cm³/mol. The number of aliphatic hydroxyl groups excluding tert-OH is 10. The SMILES string of the molecule is C[C@@H]1O[C@@H](O[C@@H]2[C@@H](O)[C@@H](O[C@H]3[C@@H]4OC(C)(C(=O)O)O[C@H]4[C@H](O)O[C@@H]3C(=O)O)O[C@H](CO)[C@H]2O)[C@@H](O)[C@H](O[C@H]2O[C@H](CO)[C@H](O)[C@H](O)[C@H]2O)[C@@H]1O. The summed E-state index contributed by atoms with van der Waals surface area (Å²) in [6, 6.07) is 0. The summed E-state index contributed by atoms with van der Waals surface area (Å²) in [7, 11) is 0. The van der Waals surface area contributed by atoms with Gasteiger partial charge in [0.25, 0.3) is 5.79 Å².